The molecule has 1 amide bonds. The second-order valence-electron chi connectivity index (χ2n) is 6.64. The van der Waals surface area contributed by atoms with E-state index in [1.165, 1.54) is 18.3 Å². The molecule has 0 saturated carbocycles. The number of amides is 1. The minimum Gasteiger partial charge on any atom is -0.345 e. The molecule has 7 heteroatoms. The van der Waals surface area contributed by atoms with Crippen LogP contribution in [-0.2, 0) is 0 Å². The number of nitrogens with zero attached hydrogens (tertiary/aromatic N) is 3. The Hall–Kier alpha value is -3.25. The summed E-state index contributed by atoms with van der Waals surface area (Å²) in [6, 6.07) is 13.3. The Morgan fingerprint density at radius 2 is 1.97 bits per heavy atom. The first kappa shape index (κ1) is 19.1. The predicted octanol–water partition coefficient (Wildman–Crippen LogP) is 5.09. The third-order valence-corrected chi connectivity index (χ3v) is 5.01. The summed E-state index contributed by atoms with van der Waals surface area (Å²) < 4.78 is 14.9. The molecule has 0 aliphatic carbocycles. The number of nitrogens with one attached hydrogen (secondary N) is 1. The molecule has 4 aromatic rings. The molecule has 29 heavy (non-hydrogen) atoms. The van der Waals surface area contributed by atoms with Crippen molar-refractivity contribution in [1.82, 2.24) is 20.1 Å². The van der Waals surface area contributed by atoms with Crippen LogP contribution in [0.15, 0.2) is 67.1 Å². The number of fused-ring (bicyclic) bond motifs is 1. The first-order chi connectivity index (χ1) is 14.1. The van der Waals surface area contributed by atoms with Crippen molar-refractivity contribution in [3.63, 3.8) is 0 Å². The van der Waals surface area contributed by atoms with Crippen LogP contribution in [-0.4, -0.2) is 20.7 Å². The van der Waals surface area contributed by atoms with Crippen LogP contribution in [0.2, 0.25) is 5.02 Å². The molecule has 1 N–H and O–H groups in total. The van der Waals surface area contributed by atoms with E-state index < -0.39 is 0 Å². The van der Waals surface area contributed by atoms with Gasteiger partial charge in [-0.15, -0.1) is 0 Å². The van der Waals surface area contributed by atoms with E-state index in [0.717, 1.165) is 5.56 Å². The largest absolute Gasteiger partial charge is 0.345 e. The Labute approximate surface area is 172 Å². The van der Waals surface area contributed by atoms with Crippen LogP contribution in [0.3, 0.4) is 0 Å². The molecule has 0 aliphatic heterocycles. The maximum atomic E-state index is 13.2. The molecule has 5 nitrogen and oxygen atoms in total. The number of aromatic nitrogens is 3. The molecule has 1 atom stereocenters. The maximum absolute atomic E-state index is 13.2. The first-order valence-electron chi connectivity index (χ1n) is 9.21. The third-order valence-electron chi connectivity index (χ3n) is 4.78. The number of hydrogen-bond donors (Lipinski definition) is 1. The summed E-state index contributed by atoms with van der Waals surface area (Å²) in [6.07, 6.45) is 5.50. The second kappa shape index (κ2) is 8.01. The normalized spacial score (nSPS) is 12.1. The number of carbonyl (C=O) groups excluding carboxylic acids is 1. The van der Waals surface area contributed by atoms with Gasteiger partial charge in [0.25, 0.3) is 5.91 Å². The fourth-order valence-corrected chi connectivity index (χ4v) is 3.49. The van der Waals surface area contributed by atoms with Gasteiger partial charge in [-0.05, 0) is 48.4 Å². The van der Waals surface area contributed by atoms with Gasteiger partial charge in [-0.3, -0.25) is 9.78 Å². The smallest absolute Gasteiger partial charge is 0.254 e. The van der Waals surface area contributed by atoms with Crippen LogP contribution in [0.4, 0.5) is 4.39 Å². The molecule has 146 valence electrons. The Balaban J connectivity index is 1.67. The van der Waals surface area contributed by atoms with Gasteiger partial charge in [0.1, 0.15) is 5.82 Å². The standard InChI is InChI=1S/C22H18ClFN4O/c1-2-20(14-4-3-5-15(23)10-14)27-22(29)19-11-25-13-21-18(19)12-26-28(21)17-8-6-16(24)7-9-17/h3-13,20H,2H2,1H3,(H,27,29)/t20-/m0/s1. The molecule has 0 radical (unpaired) electrons. The summed E-state index contributed by atoms with van der Waals surface area (Å²) in [5.41, 5.74) is 2.72. The van der Waals surface area contributed by atoms with E-state index in [-0.39, 0.29) is 17.8 Å². The van der Waals surface area contributed by atoms with Crippen LogP contribution in [0.25, 0.3) is 16.6 Å². The van der Waals surface area contributed by atoms with Gasteiger partial charge in [-0.1, -0.05) is 30.7 Å². The minimum atomic E-state index is -0.324. The fourth-order valence-electron chi connectivity index (χ4n) is 3.29. The monoisotopic (exact) mass is 408 g/mol. The molecule has 0 unspecified atom stereocenters. The van der Waals surface area contributed by atoms with Gasteiger partial charge < -0.3 is 5.32 Å². The SMILES string of the molecule is CC[C@H](NC(=O)c1cncc2c1cnn2-c1ccc(F)cc1)c1cccc(Cl)c1. The number of halogens is 2. The van der Waals surface area contributed by atoms with Gasteiger partial charge in [0, 0.05) is 16.6 Å². The summed E-state index contributed by atoms with van der Waals surface area (Å²) in [7, 11) is 0. The van der Waals surface area contributed by atoms with Gasteiger partial charge >= 0.3 is 0 Å². The molecule has 2 aromatic carbocycles. The lowest BCUT2D eigenvalue weighted by Gasteiger charge is -2.18. The van der Waals surface area contributed by atoms with E-state index >= 15 is 0 Å². The lowest BCUT2D eigenvalue weighted by Crippen LogP contribution is -2.28. The van der Waals surface area contributed by atoms with E-state index in [2.05, 4.69) is 15.4 Å². The summed E-state index contributed by atoms with van der Waals surface area (Å²) in [4.78, 5) is 17.2. The zero-order valence-corrected chi connectivity index (χ0v) is 16.4. The second-order valence-corrected chi connectivity index (χ2v) is 7.08. The molecule has 2 heterocycles. The van der Waals surface area contributed by atoms with Crippen LogP contribution >= 0.6 is 11.6 Å². The van der Waals surface area contributed by atoms with Crippen LogP contribution in [0.1, 0.15) is 35.3 Å². The lowest BCUT2D eigenvalue weighted by atomic mass is 10.0. The molecule has 0 saturated heterocycles. The van der Waals surface area contributed by atoms with Crippen molar-refractivity contribution in [1.29, 1.82) is 0 Å². The fraction of sp³-hybridized carbons (Fsp3) is 0.136. The maximum Gasteiger partial charge on any atom is 0.254 e. The molecular weight excluding hydrogens is 391 g/mol. The van der Waals surface area contributed by atoms with Crippen molar-refractivity contribution >= 4 is 28.4 Å². The summed E-state index contributed by atoms with van der Waals surface area (Å²) >= 11 is 6.09. The van der Waals surface area contributed by atoms with Crippen LogP contribution in [0.5, 0.6) is 0 Å². The van der Waals surface area contributed by atoms with Crippen molar-refractivity contribution in [2.24, 2.45) is 0 Å². The topological polar surface area (TPSA) is 59.8 Å². The first-order valence-corrected chi connectivity index (χ1v) is 9.58. The van der Waals surface area contributed by atoms with Gasteiger partial charge in [0.15, 0.2) is 0 Å². The van der Waals surface area contributed by atoms with E-state index in [9.17, 15) is 9.18 Å². The van der Waals surface area contributed by atoms with Crippen molar-refractivity contribution in [2.75, 3.05) is 0 Å². The number of rotatable bonds is 5. The molecule has 0 aliphatic rings. The Bertz CT molecular complexity index is 1170. The highest BCUT2D eigenvalue weighted by molar-refractivity contribution is 6.30. The molecule has 2 aromatic heterocycles. The van der Waals surface area contributed by atoms with Crippen molar-refractivity contribution in [3.05, 3.63) is 89.1 Å². The summed E-state index contributed by atoms with van der Waals surface area (Å²) in [5.74, 6) is -0.566. The van der Waals surface area contributed by atoms with Gasteiger partial charge in [0.2, 0.25) is 0 Å². The average molecular weight is 409 g/mol. The van der Waals surface area contributed by atoms with Gasteiger partial charge in [0.05, 0.1) is 35.2 Å². The highest BCUT2D eigenvalue weighted by Gasteiger charge is 2.18. The number of benzene rings is 2. The molecular formula is C22H18ClFN4O. The molecule has 0 bridgehead atoms. The average Bonchev–Trinajstić information content (AvgIpc) is 3.16. The number of carbonyl (C=O) groups is 1. The highest BCUT2D eigenvalue weighted by Crippen LogP contribution is 2.24. The predicted molar refractivity (Wildman–Crippen MR) is 111 cm³/mol. The zero-order valence-electron chi connectivity index (χ0n) is 15.6. The molecule has 0 spiro atoms. The zero-order chi connectivity index (χ0) is 20.4. The molecule has 0 fully saturated rings. The number of hydrogen-bond acceptors (Lipinski definition) is 3. The quantitative estimate of drug-likeness (QED) is 0.500. The minimum absolute atomic E-state index is 0.177. The number of pyridine rings is 1. The highest BCUT2D eigenvalue weighted by atomic mass is 35.5. The lowest BCUT2D eigenvalue weighted by molar-refractivity contribution is 0.0937. The van der Waals surface area contributed by atoms with E-state index in [0.29, 0.717) is 33.6 Å². The Morgan fingerprint density at radius 3 is 2.69 bits per heavy atom. The van der Waals surface area contributed by atoms with Crippen LogP contribution in [0, 0.1) is 5.82 Å². The van der Waals surface area contributed by atoms with Crippen LogP contribution < -0.4 is 5.32 Å². The summed E-state index contributed by atoms with van der Waals surface area (Å²) in [6.45, 7) is 2.00. The van der Waals surface area contributed by atoms with Gasteiger partial charge in [-0.25, -0.2) is 9.07 Å². The van der Waals surface area contributed by atoms with E-state index in [1.54, 1.807) is 35.3 Å². The van der Waals surface area contributed by atoms with E-state index in [1.807, 2.05) is 25.1 Å². The van der Waals surface area contributed by atoms with Crippen molar-refractivity contribution in [2.45, 2.75) is 19.4 Å². The van der Waals surface area contributed by atoms with Gasteiger partial charge in [-0.2, -0.15) is 5.10 Å². The van der Waals surface area contributed by atoms with Crippen molar-refractivity contribution < 1.29 is 9.18 Å². The molecule has 4 rings (SSSR count). The third kappa shape index (κ3) is 3.84. The van der Waals surface area contributed by atoms with Crippen molar-refractivity contribution in [3.8, 4) is 5.69 Å². The Morgan fingerprint density at radius 1 is 1.17 bits per heavy atom. The van der Waals surface area contributed by atoms with E-state index in [4.69, 9.17) is 11.6 Å². The summed E-state index contributed by atoms with van der Waals surface area (Å²) in [5, 5.41) is 8.71. The Kier molecular flexibility index (Phi) is 5.27.